The van der Waals surface area contributed by atoms with Gasteiger partial charge in [0.1, 0.15) is 17.5 Å². The molecule has 0 radical (unpaired) electrons. The van der Waals surface area contributed by atoms with Gasteiger partial charge in [-0.3, -0.25) is 4.79 Å². The number of halogens is 1. The summed E-state index contributed by atoms with van der Waals surface area (Å²) in [5.74, 6) is -0.671. The molecule has 2 atom stereocenters. The largest absolute Gasteiger partial charge is 0.444 e. The van der Waals surface area contributed by atoms with Crippen LogP contribution in [0.2, 0.25) is 0 Å². The molecule has 0 bridgehead atoms. The number of nitrogens with zero attached hydrogens (tertiary/aromatic N) is 1. The Morgan fingerprint density at radius 2 is 1.88 bits per heavy atom. The maximum atomic E-state index is 14.8. The first-order valence-corrected chi connectivity index (χ1v) is 10.8. The Hall–Kier alpha value is -3.60. The number of hydrogen-bond acceptors (Lipinski definition) is 6. The number of benzene rings is 2. The lowest BCUT2D eigenvalue weighted by Gasteiger charge is -2.28. The molecule has 0 unspecified atom stereocenters. The summed E-state index contributed by atoms with van der Waals surface area (Å²) in [5, 5.41) is 18.5. The molecular formula is C25H31FN4O3. The van der Waals surface area contributed by atoms with Crippen LogP contribution in [0, 0.1) is 17.1 Å². The number of hydrogen-bond donors (Lipinski definition) is 3. The van der Waals surface area contributed by atoms with Crippen molar-refractivity contribution in [3.05, 3.63) is 53.3 Å². The van der Waals surface area contributed by atoms with E-state index >= 15 is 0 Å². The molecule has 0 fully saturated rings. The van der Waals surface area contributed by atoms with Gasteiger partial charge in [0, 0.05) is 23.3 Å². The molecule has 7 nitrogen and oxygen atoms in total. The molecule has 33 heavy (non-hydrogen) atoms. The molecule has 0 saturated heterocycles. The van der Waals surface area contributed by atoms with E-state index in [0.29, 0.717) is 23.4 Å². The second-order valence-corrected chi connectivity index (χ2v) is 8.85. The normalized spacial score (nSPS) is 12.8. The predicted octanol–water partition coefficient (Wildman–Crippen LogP) is 5.75. The average molecular weight is 455 g/mol. The molecule has 2 aromatic rings. The van der Waals surface area contributed by atoms with E-state index in [1.807, 2.05) is 13.0 Å². The summed E-state index contributed by atoms with van der Waals surface area (Å²) < 4.78 is 20.1. The quantitative estimate of drug-likeness (QED) is 0.439. The molecule has 0 saturated carbocycles. The smallest absolute Gasteiger partial charge is 0.407 e. The molecule has 0 aliphatic rings. The molecule has 3 N–H and O–H groups in total. The summed E-state index contributed by atoms with van der Waals surface area (Å²) in [6.07, 6.45) is 0.0445. The van der Waals surface area contributed by atoms with Gasteiger partial charge in [-0.25, -0.2) is 9.18 Å². The monoisotopic (exact) mass is 454 g/mol. The van der Waals surface area contributed by atoms with E-state index in [-0.39, 0.29) is 29.1 Å². The van der Waals surface area contributed by atoms with Gasteiger partial charge in [0.05, 0.1) is 16.9 Å². The first-order valence-electron chi connectivity index (χ1n) is 10.8. The van der Waals surface area contributed by atoms with Crippen LogP contribution in [-0.4, -0.2) is 29.6 Å². The Morgan fingerprint density at radius 1 is 1.18 bits per heavy atom. The van der Waals surface area contributed by atoms with Crippen molar-refractivity contribution >= 4 is 28.9 Å². The van der Waals surface area contributed by atoms with Gasteiger partial charge in [-0.15, -0.1) is 0 Å². The van der Waals surface area contributed by atoms with Gasteiger partial charge in [0.2, 0.25) is 0 Å². The fraction of sp³-hybridized carbons (Fsp3) is 0.400. The molecule has 176 valence electrons. The summed E-state index contributed by atoms with van der Waals surface area (Å²) in [7, 11) is 0. The lowest BCUT2D eigenvalue weighted by molar-refractivity contribution is 0.0503. The topological polar surface area (TPSA) is 103 Å². The molecule has 0 heterocycles. The minimum absolute atomic E-state index is 0.0853. The molecule has 1 amide bonds. The van der Waals surface area contributed by atoms with Gasteiger partial charge in [0.15, 0.2) is 5.78 Å². The second kappa shape index (κ2) is 10.8. The van der Waals surface area contributed by atoms with Crippen molar-refractivity contribution in [2.75, 3.05) is 10.6 Å². The van der Waals surface area contributed by atoms with Crippen LogP contribution in [0.4, 0.5) is 26.2 Å². The van der Waals surface area contributed by atoms with Crippen molar-refractivity contribution in [2.45, 2.75) is 65.6 Å². The van der Waals surface area contributed by atoms with E-state index in [4.69, 9.17) is 4.74 Å². The van der Waals surface area contributed by atoms with Crippen molar-refractivity contribution in [3.8, 4) is 6.07 Å². The van der Waals surface area contributed by atoms with Crippen molar-refractivity contribution in [3.63, 3.8) is 0 Å². The molecule has 0 aromatic heterocycles. The number of nitrogens with one attached hydrogen (secondary N) is 3. The Balaban J connectivity index is 2.26. The molecule has 2 rings (SSSR count). The van der Waals surface area contributed by atoms with Gasteiger partial charge in [-0.1, -0.05) is 19.1 Å². The maximum absolute atomic E-state index is 14.8. The van der Waals surface area contributed by atoms with Gasteiger partial charge in [-0.2, -0.15) is 5.26 Å². The number of rotatable bonds is 8. The number of Topliss-reactive ketones (excluding diaryl/α,β-unsaturated/α-hetero) is 1. The third kappa shape index (κ3) is 7.49. The zero-order valence-electron chi connectivity index (χ0n) is 19.9. The van der Waals surface area contributed by atoms with E-state index in [1.54, 1.807) is 52.0 Å². The molecule has 0 aliphatic carbocycles. The van der Waals surface area contributed by atoms with Crippen molar-refractivity contribution < 1.29 is 18.7 Å². The van der Waals surface area contributed by atoms with E-state index in [1.165, 1.54) is 13.0 Å². The predicted molar refractivity (Wildman–Crippen MR) is 127 cm³/mol. The van der Waals surface area contributed by atoms with E-state index < -0.39 is 17.5 Å². The highest BCUT2D eigenvalue weighted by molar-refractivity contribution is 5.95. The van der Waals surface area contributed by atoms with Gasteiger partial charge < -0.3 is 20.7 Å². The average Bonchev–Trinajstić information content (AvgIpc) is 2.72. The van der Waals surface area contributed by atoms with E-state index in [9.17, 15) is 19.2 Å². The Morgan fingerprint density at radius 3 is 2.45 bits per heavy atom. The lowest BCUT2D eigenvalue weighted by Crippen LogP contribution is -2.46. The molecule has 0 aliphatic heterocycles. The number of ketones is 1. The van der Waals surface area contributed by atoms with E-state index in [2.05, 4.69) is 16.0 Å². The number of anilines is 3. The third-order valence-corrected chi connectivity index (χ3v) is 4.90. The molecule has 2 aromatic carbocycles. The SMILES string of the molecule is CC[C@@H](Nc1cc(Nc2cccc(C(C)=O)c2)c(C#N)cc1F)[C@H](C)NC(=O)OC(C)(C)C. The van der Waals surface area contributed by atoms with Gasteiger partial charge in [-0.05, 0) is 65.3 Å². The number of carbonyl (C=O) groups is 2. The van der Waals surface area contributed by atoms with Crippen LogP contribution in [0.15, 0.2) is 36.4 Å². The number of alkyl carbamates (subject to hydrolysis) is 1. The van der Waals surface area contributed by atoms with Crippen LogP contribution in [0.3, 0.4) is 0 Å². The summed E-state index contributed by atoms with van der Waals surface area (Å²) in [6, 6.07) is 10.8. The summed E-state index contributed by atoms with van der Waals surface area (Å²) in [6.45, 7) is 10.5. The first kappa shape index (κ1) is 25.7. The first-order chi connectivity index (χ1) is 15.4. The zero-order valence-corrected chi connectivity index (χ0v) is 19.9. The number of nitriles is 1. The van der Waals surface area contributed by atoms with Crippen molar-refractivity contribution in [2.24, 2.45) is 0 Å². The number of ether oxygens (including phenoxy) is 1. The number of carbonyl (C=O) groups excluding carboxylic acids is 2. The lowest BCUT2D eigenvalue weighted by atomic mass is 10.1. The van der Waals surface area contributed by atoms with Crippen LogP contribution in [0.1, 0.15) is 63.9 Å². The molecular weight excluding hydrogens is 423 g/mol. The Labute approximate surface area is 194 Å². The van der Waals surface area contributed by atoms with E-state index in [0.717, 1.165) is 6.07 Å². The van der Waals surface area contributed by atoms with Gasteiger partial charge >= 0.3 is 6.09 Å². The fourth-order valence-corrected chi connectivity index (χ4v) is 3.23. The summed E-state index contributed by atoms with van der Waals surface area (Å²) >= 11 is 0. The second-order valence-electron chi connectivity index (χ2n) is 8.85. The standard InChI is InChI=1S/C25H31FN4O3/c1-7-21(15(2)28-24(32)33-25(4,5)6)30-23-13-22(18(14-27)12-20(23)26)29-19-10-8-9-17(11-19)16(3)31/h8-13,15,21,29-30H,7H2,1-6H3,(H,28,32)/t15-,21+/m0/s1. The highest BCUT2D eigenvalue weighted by Crippen LogP contribution is 2.28. The molecule has 8 heteroatoms. The minimum atomic E-state index is -0.627. The van der Waals surface area contributed by atoms with Crippen LogP contribution in [-0.2, 0) is 4.74 Å². The van der Waals surface area contributed by atoms with Crippen LogP contribution in [0.5, 0.6) is 0 Å². The van der Waals surface area contributed by atoms with Crippen LogP contribution >= 0.6 is 0 Å². The minimum Gasteiger partial charge on any atom is -0.444 e. The summed E-state index contributed by atoms with van der Waals surface area (Å²) in [5.41, 5.74) is 1.20. The van der Waals surface area contributed by atoms with Crippen LogP contribution < -0.4 is 16.0 Å². The highest BCUT2D eigenvalue weighted by Gasteiger charge is 2.23. The zero-order chi connectivity index (χ0) is 24.8. The third-order valence-electron chi connectivity index (χ3n) is 4.90. The Kier molecular flexibility index (Phi) is 8.41. The fourth-order valence-electron chi connectivity index (χ4n) is 3.23. The molecule has 0 spiro atoms. The van der Waals surface area contributed by atoms with Crippen molar-refractivity contribution in [1.29, 1.82) is 5.26 Å². The van der Waals surface area contributed by atoms with Gasteiger partial charge in [0.25, 0.3) is 0 Å². The highest BCUT2D eigenvalue weighted by atomic mass is 19.1. The van der Waals surface area contributed by atoms with Crippen LogP contribution in [0.25, 0.3) is 0 Å². The Bertz CT molecular complexity index is 1060. The number of amides is 1. The maximum Gasteiger partial charge on any atom is 0.407 e. The van der Waals surface area contributed by atoms with Crippen molar-refractivity contribution in [1.82, 2.24) is 5.32 Å². The summed E-state index contributed by atoms with van der Waals surface area (Å²) in [4.78, 5) is 23.8.